The second kappa shape index (κ2) is 4.20. The molecule has 0 fully saturated rings. The minimum atomic E-state index is -1.11. The highest BCUT2D eigenvalue weighted by Gasteiger charge is 2.11. The molecule has 0 radical (unpaired) electrons. The Labute approximate surface area is 101 Å². The van der Waals surface area contributed by atoms with Crippen molar-refractivity contribution < 1.29 is 14.3 Å². The second-order valence-corrected chi connectivity index (χ2v) is 3.91. The van der Waals surface area contributed by atoms with Gasteiger partial charge in [-0.05, 0) is 30.3 Å². The van der Waals surface area contributed by atoms with Gasteiger partial charge in [0.1, 0.15) is 5.76 Å². The molecule has 82 valence electrons. The number of rotatable bonds is 2. The molecular weight excluding hydrogens is 251 g/mol. The van der Waals surface area contributed by atoms with E-state index in [0.717, 1.165) is 0 Å². The molecule has 5 heteroatoms. The summed E-state index contributed by atoms with van der Waals surface area (Å²) < 4.78 is 5.12. The molecule has 0 amide bonds. The molecule has 0 aliphatic heterocycles. The van der Waals surface area contributed by atoms with Crippen molar-refractivity contribution in [2.24, 2.45) is 0 Å². The molecule has 0 spiro atoms. The topological polar surface area (TPSA) is 50.4 Å². The van der Waals surface area contributed by atoms with E-state index in [4.69, 9.17) is 32.7 Å². The first-order valence-electron chi connectivity index (χ1n) is 4.36. The van der Waals surface area contributed by atoms with Crippen LogP contribution in [0, 0.1) is 0 Å². The van der Waals surface area contributed by atoms with Gasteiger partial charge in [-0.1, -0.05) is 23.2 Å². The van der Waals surface area contributed by atoms with Crippen molar-refractivity contribution in [1.82, 2.24) is 0 Å². The third kappa shape index (κ3) is 2.05. The molecule has 0 bridgehead atoms. The molecule has 1 aromatic carbocycles. The summed E-state index contributed by atoms with van der Waals surface area (Å²) in [6.07, 6.45) is 0. The van der Waals surface area contributed by atoms with Crippen molar-refractivity contribution >= 4 is 29.2 Å². The van der Waals surface area contributed by atoms with E-state index in [0.29, 0.717) is 21.4 Å². The van der Waals surface area contributed by atoms with Crippen LogP contribution in [-0.2, 0) is 0 Å². The fraction of sp³-hybridized carbons (Fsp3) is 0. The number of hydrogen-bond acceptors (Lipinski definition) is 2. The minimum absolute atomic E-state index is 0.110. The quantitative estimate of drug-likeness (QED) is 0.885. The Balaban J connectivity index is 2.42. The standard InChI is InChI=1S/C11H6Cl2O3/c12-7-2-1-6(5-8(7)13)9-3-4-10(16-9)11(14)15/h1-5H,(H,14,15). The third-order valence-corrected chi connectivity index (χ3v) is 2.76. The monoisotopic (exact) mass is 256 g/mol. The summed E-state index contributed by atoms with van der Waals surface area (Å²) in [6, 6.07) is 7.92. The first-order valence-corrected chi connectivity index (χ1v) is 5.12. The van der Waals surface area contributed by atoms with Crippen LogP contribution in [0.25, 0.3) is 11.3 Å². The van der Waals surface area contributed by atoms with Crippen molar-refractivity contribution in [2.75, 3.05) is 0 Å². The zero-order valence-corrected chi connectivity index (χ0v) is 9.42. The Bertz CT molecular complexity index is 546. The molecule has 2 aromatic rings. The molecule has 2 rings (SSSR count). The second-order valence-electron chi connectivity index (χ2n) is 3.10. The highest BCUT2D eigenvalue weighted by molar-refractivity contribution is 6.42. The zero-order valence-electron chi connectivity index (χ0n) is 7.91. The van der Waals surface area contributed by atoms with Crippen LogP contribution in [0.5, 0.6) is 0 Å². The summed E-state index contributed by atoms with van der Waals surface area (Å²) in [5.74, 6) is -0.775. The molecule has 3 nitrogen and oxygen atoms in total. The maximum absolute atomic E-state index is 10.6. The Morgan fingerprint density at radius 2 is 1.88 bits per heavy atom. The van der Waals surface area contributed by atoms with Crippen LogP contribution in [0.15, 0.2) is 34.7 Å². The lowest BCUT2D eigenvalue weighted by Crippen LogP contribution is -1.91. The van der Waals surface area contributed by atoms with Crippen LogP contribution >= 0.6 is 23.2 Å². The average molecular weight is 257 g/mol. The maximum Gasteiger partial charge on any atom is 0.371 e. The molecule has 1 aromatic heterocycles. The van der Waals surface area contributed by atoms with Crippen LogP contribution in [0.2, 0.25) is 10.0 Å². The normalized spacial score (nSPS) is 10.4. The van der Waals surface area contributed by atoms with Gasteiger partial charge in [-0.2, -0.15) is 0 Å². The lowest BCUT2D eigenvalue weighted by Gasteiger charge is -1.99. The van der Waals surface area contributed by atoms with Gasteiger partial charge in [0.25, 0.3) is 0 Å². The summed E-state index contributed by atoms with van der Waals surface area (Å²) in [7, 11) is 0. The average Bonchev–Trinajstić information content (AvgIpc) is 2.71. The smallest absolute Gasteiger partial charge is 0.371 e. The highest BCUT2D eigenvalue weighted by Crippen LogP contribution is 2.29. The van der Waals surface area contributed by atoms with Crippen LogP contribution < -0.4 is 0 Å². The summed E-state index contributed by atoms with van der Waals surface area (Å²) in [5, 5.41) is 9.54. The van der Waals surface area contributed by atoms with E-state index in [2.05, 4.69) is 0 Å². The molecule has 0 aliphatic rings. The van der Waals surface area contributed by atoms with E-state index in [1.807, 2.05) is 0 Å². The van der Waals surface area contributed by atoms with E-state index >= 15 is 0 Å². The number of carboxylic acid groups (broad SMARTS) is 1. The molecule has 1 N–H and O–H groups in total. The molecule has 0 atom stereocenters. The van der Waals surface area contributed by atoms with Gasteiger partial charge >= 0.3 is 5.97 Å². The Kier molecular flexibility index (Phi) is 2.90. The molecule has 16 heavy (non-hydrogen) atoms. The minimum Gasteiger partial charge on any atom is -0.475 e. The molecule has 0 unspecified atom stereocenters. The lowest BCUT2D eigenvalue weighted by molar-refractivity contribution is 0.0663. The SMILES string of the molecule is O=C(O)c1ccc(-c2ccc(Cl)c(Cl)c2)o1. The number of furan rings is 1. The van der Waals surface area contributed by atoms with Crippen molar-refractivity contribution in [3.63, 3.8) is 0 Å². The van der Waals surface area contributed by atoms with E-state index in [1.165, 1.54) is 6.07 Å². The van der Waals surface area contributed by atoms with Gasteiger partial charge in [0.15, 0.2) is 0 Å². The Hall–Kier alpha value is -1.45. The number of benzene rings is 1. The number of carboxylic acids is 1. The first-order chi connectivity index (χ1) is 7.58. The fourth-order valence-electron chi connectivity index (χ4n) is 1.26. The van der Waals surface area contributed by atoms with Crippen LogP contribution in [0.4, 0.5) is 0 Å². The van der Waals surface area contributed by atoms with Crippen LogP contribution in [0.3, 0.4) is 0 Å². The van der Waals surface area contributed by atoms with Gasteiger partial charge in [-0.25, -0.2) is 4.79 Å². The van der Waals surface area contributed by atoms with Gasteiger partial charge in [-0.3, -0.25) is 0 Å². The number of hydrogen-bond donors (Lipinski definition) is 1. The van der Waals surface area contributed by atoms with Crippen molar-refractivity contribution in [1.29, 1.82) is 0 Å². The molecule has 0 aliphatic carbocycles. The predicted octanol–water partition coefficient (Wildman–Crippen LogP) is 3.95. The Morgan fingerprint density at radius 1 is 1.12 bits per heavy atom. The fourth-order valence-corrected chi connectivity index (χ4v) is 1.56. The summed E-state index contributed by atoms with van der Waals surface area (Å²) in [4.78, 5) is 10.6. The Morgan fingerprint density at radius 3 is 2.44 bits per heavy atom. The molecular formula is C11H6Cl2O3. The number of carbonyl (C=O) groups is 1. The van der Waals surface area contributed by atoms with Crippen molar-refractivity contribution in [3.05, 3.63) is 46.1 Å². The van der Waals surface area contributed by atoms with Crippen LogP contribution in [-0.4, -0.2) is 11.1 Å². The van der Waals surface area contributed by atoms with E-state index < -0.39 is 5.97 Å². The van der Waals surface area contributed by atoms with Gasteiger partial charge in [0.2, 0.25) is 5.76 Å². The predicted molar refractivity (Wildman–Crippen MR) is 61.1 cm³/mol. The molecule has 1 heterocycles. The summed E-state index contributed by atoms with van der Waals surface area (Å²) in [5.41, 5.74) is 0.682. The van der Waals surface area contributed by atoms with Crippen molar-refractivity contribution in [3.8, 4) is 11.3 Å². The van der Waals surface area contributed by atoms with E-state index in [9.17, 15) is 4.79 Å². The van der Waals surface area contributed by atoms with Gasteiger partial charge in [0, 0.05) is 5.56 Å². The molecule has 0 saturated heterocycles. The van der Waals surface area contributed by atoms with Gasteiger partial charge in [-0.15, -0.1) is 0 Å². The third-order valence-electron chi connectivity index (χ3n) is 2.02. The number of halogens is 2. The summed E-state index contributed by atoms with van der Waals surface area (Å²) in [6.45, 7) is 0. The van der Waals surface area contributed by atoms with E-state index in [-0.39, 0.29) is 5.76 Å². The van der Waals surface area contributed by atoms with E-state index in [1.54, 1.807) is 24.3 Å². The highest BCUT2D eigenvalue weighted by atomic mass is 35.5. The lowest BCUT2D eigenvalue weighted by atomic mass is 10.2. The first kappa shape index (κ1) is 11.0. The number of aromatic carboxylic acids is 1. The van der Waals surface area contributed by atoms with Gasteiger partial charge in [0.05, 0.1) is 10.0 Å². The largest absolute Gasteiger partial charge is 0.475 e. The van der Waals surface area contributed by atoms with Gasteiger partial charge < -0.3 is 9.52 Å². The summed E-state index contributed by atoms with van der Waals surface area (Å²) >= 11 is 11.6. The van der Waals surface area contributed by atoms with Crippen molar-refractivity contribution in [2.45, 2.75) is 0 Å². The van der Waals surface area contributed by atoms with Crippen LogP contribution in [0.1, 0.15) is 10.6 Å². The zero-order chi connectivity index (χ0) is 11.7. The maximum atomic E-state index is 10.6. The molecule has 0 saturated carbocycles.